The number of benzene rings is 2. The summed E-state index contributed by atoms with van der Waals surface area (Å²) in [5.41, 5.74) is 0.133. The predicted octanol–water partition coefficient (Wildman–Crippen LogP) is 4.11. The summed E-state index contributed by atoms with van der Waals surface area (Å²) in [5.74, 6) is -1.37. The minimum atomic E-state index is -4.66. The molecule has 0 atom stereocenters. The number of aromatic hydroxyl groups is 1. The van der Waals surface area contributed by atoms with Crippen LogP contribution in [0.2, 0.25) is 0 Å². The van der Waals surface area contributed by atoms with Crippen LogP contribution in [0.5, 0.6) is 5.75 Å². The summed E-state index contributed by atoms with van der Waals surface area (Å²) in [6.07, 6.45) is -0.151. The number of alkyl halides is 3. The van der Waals surface area contributed by atoms with Crippen LogP contribution in [0.1, 0.15) is 33.5 Å². The van der Waals surface area contributed by atoms with Crippen molar-refractivity contribution in [1.82, 2.24) is 0 Å². The topological polar surface area (TPSA) is 86.6 Å². The Morgan fingerprint density at radius 2 is 1.90 bits per heavy atom. The maximum Gasteiger partial charge on any atom is 0.416 e. The molecule has 0 aliphatic heterocycles. The summed E-state index contributed by atoms with van der Waals surface area (Å²) in [7, 11) is 0. The number of hydrogen-bond acceptors (Lipinski definition) is 4. The summed E-state index contributed by atoms with van der Waals surface area (Å²) in [6.45, 7) is -0.0947. The summed E-state index contributed by atoms with van der Waals surface area (Å²) >= 11 is 0. The fourth-order valence-electron chi connectivity index (χ4n) is 3.21. The molecule has 3 rings (SSSR count). The van der Waals surface area contributed by atoms with Crippen molar-refractivity contribution in [2.24, 2.45) is 0 Å². The lowest BCUT2D eigenvalue weighted by Crippen LogP contribution is -2.19. The number of Topliss-reactive ketones (excluding diaryl/α,β-unsaturated/α-hetero) is 1. The number of phenols is 1. The number of ketones is 1. The third-order valence-electron chi connectivity index (χ3n) is 4.56. The molecule has 2 aromatic carbocycles. The summed E-state index contributed by atoms with van der Waals surface area (Å²) < 4.78 is 39.5. The lowest BCUT2D eigenvalue weighted by Gasteiger charge is -2.17. The van der Waals surface area contributed by atoms with Crippen LogP contribution in [-0.2, 0) is 17.4 Å². The normalized spacial score (nSPS) is 14.7. The molecule has 0 fully saturated rings. The van der Waals surface area contributed by atoms with Gasteiger partial charge >= 0.3 is 6.18 Å². The van der Waals surface area contributed by atoms with Crippen LogP contribution in [-0.4, -0.2) is 28.5 Å². The zero-order valence-corrected chi connectivity index (χ0v) is 15.7. The third-order valence-corrected chi connectivity index (χ3v) is 4.56. The average Bonchev–Trinajstić information content (AvgIpc) is 2.67. The molecule has 30 heavy (non-hydrogen) atoms. The van der Waals surface area contributed by atoms with Crippen LogP contribution in [0.4, 0.5) is 18.9 Å². The molecule has 0 unspecified atom stereocenters. The second-order valence-electron chi connectivity index (χ2n) is 6.67. The van der Waals surface area contributed by atoms with Crippen molar-refractivity contribution in [2.75, 3.05) is 11.9 Å². The number of carbonyl (C=O) groups excluding carboxylic acids is 2. The van der Waals surface area contributed by atoms with Gasteiger partial charge in [-0.3, -0.25) is 9.59 Å². The van der Waals surface area contributed by atoms with Crippen molar-refractivity contribution >= 4 is 23.5 Å². The highest BCUT2D eigenvalue weighted by molar-refractivity contribution is 6.16. The number of aliphatic hydroxyl groups is 1. The largest absolute Gasteiger partial charge is 0.508 e. The van der Waals surface area contributed by atoms with Crippen LogP contribution in [0, 0.1) is 0 Å². The SMILES string of the molecule is O=C(Cc1cc(O)ccc1C(F)(F)F)Nc1cccc2c1C=C/C(=C\CCO)C2=O. The van der Waals surface area contributed by atoms with E-state index in [0.717, 1.165) is 18.2 Å². The summed E-state index contributed by atoms with van der Waals surface area (Å²) in [5, 5.41) is 21.0. The number of halogens is 3. The second kappa shape index (κ2) is 8.54. The second-order valence-corrected chi connectivity index (χ2v) is 6.67. The first-order chi connectivity index (χ1) is 14.2. The fraction of sp³-hybridized carbons (Fsp3) is 0.182. The van der Waals surface area contributed by atoms with Gasteiger partial charge in [0, 0.05) is 29.0 Å². The number of fused-ring (bicyclic) bond motifs is 1. The van der Waals surface area contributed by atoms with Gasteiger partial charge in [-0.05, 0) is 36.2 Å². The van der Waals surface area contributed by atoms with Gasteiger partial charge in [-0.1, -0.05) is 30.4 Å². The molecule has 0 saturated carbocycles. The number of amides is 1. The quantitative estimate of drug-likeness (QED) is 0.639. The lowest BCUT2D eigenvalue weighted by molar-refractivity contribution is -0.138. The van der Waals surface area contributed by atoms with Crippen LogP contribution in [0.25, 0.3) is 6.08 Å². The number of hydrogen-bond donors (Lipinski definition) is 3. The van der Waals surface area contributed by atoms with E-state index >= 15 is 0 Å². The maximum atomic E-state index is 13.2. The Hall–Kier alpha value is -3.39. The van der Waals surface area contributed by atoms with E-state index in [1.807, 2.05) is 0 Å². The van der Waals surface area contributed by atoms with E-state index in [0.29, 0.717) is 23.1 Å². The molecule has 0 bridgehead atoms. The monoisotopic (exact) mass is 417 g/mol. The van der Waals surface area contributed by atoms with Crippen molar-refractivity contribution in [3.05, 3.63) is 76.4 Å². The molecule has 1 aliphatic carbocycles. The van der Waals surface area contributed by atoms with E-state index in [4.69, 9.17) is 5.11 Å². The molecule has 0 aromatic heterocycles. The van der Waals surface area contributed by atoms with Gasteiger partial charge in [0.25, 0.3) is 0 Å². The van der Waals surface area contributed by atoms with E-state index in [-0.39, 0.29) is 29.4 Å². The van der Waals surface area contributed by atoms with Crippen LogP contribution in [0.15, 0.2) is 54.1 Å². The standard InChI is InChI=1S/C22H18F3NO4/c23-22(24,25)18-9-7-15(28)11-14(18)12-20(29)26-19-5-1-4-17-16(19)8-6-13(21(17)30)3-2-10-27/h1,3-9,11,27-28H,2,10,12H2,(H,26,29)/b13-3+. The van der Waals surface area contributed by atoms with Gasteiger partial charge in [0.15, 0.2) is 5.78 Å². The molecule has 1 aliphatic rings. The number of rotatable bonds is 5. The molecular formula is C22H18F3NO4. The van der Waals surface area contributed by atoms with Gasteiger partial charge in [-0.25, -0.2) is 0 Å². The zero-order chi connectivity index (χ0) is 21.9. The van der Waals surface area contributed by atoms with E-state index in [9.17, 15) is 27.9 Å². The Morgan fingerprint density at radius 1 is 1.13 bits per heavy atom. The predicted molar refractivity (Wildman–Crippen MR) is 105 cm³/mol. The molecule has 156 valence electrons. The Morgan fingerprint density at radius 3 is 2.60 bits per heavy atom. The number of aliphatic hydroxyl groups excluding tert-OH is 1. The third kappa shape index (κ3) is 4.60. The number of nitrogens with one attached hydrogen (secondary N) is 1. The summed E-state index contributed by atoms with van der Waals surface area (Å²) in [6, 6.07) is 7.24. The highest BCUT2D eigenvalue weighted by Crippen LogP contribution is 2.34. The van der Waals surface area contributed by atoms with Gasteiger partial charge in [-0.2, -0.15) is 13.2 Å². The fourth-order valence-corrected chi connectivity index (χ4v) is 3.21. The van der Waals surface area contributed by atoms with E-state index in [1.165, 1.54) is 0 Å². The minimum Gasteiger partial charge on any atom is -0.508 e. The zero-order valence-electron chi connectivity index (χ0n) is 15.7. The lowest BCUT2D eigenvalue weighted by atomic mass is 9.90. The Kier molecular flexibility index (Phi) is 6.07. The van der Waals surface area contributed by atoms with Crippen molar-refractivity contribution in [2.45, 2.75) is 19.0 Å². The Bertz CT molecular complexity index is 1050. The van der Waals surface area contributed by atoms with Gasteiger partial charge in [-0.15, -0.1) is 0 Å². The number of phenolic OH excluding ortho intramolecular Hbond substituents is 1. The first kappa shape index (κ1) is 21.3. The Balaban J connectivity index is 1.85. The van der Waals surface area contributed by atoms with Gasteiger partial charge in [0.1, 0.15) is 5.75 Å². The molecule has 0 radical (unpaired) electrons. The Labute approximate surface area is 170 Å². The molecule has 0 spiro atoms. The summed E-state index contributed by atoms with van der Waals surface area (Å²) in [4.78, 5) is 25.0. The number of anilines is 1. The maximum absolute atomic E-state index is 13.2. The first-order valence-electron chi connectivity index (χ1n) is 9.06. The van der Waals surface area contributed by atoms with Crippen molar-refractivity contribution < 1.29 is 33.0 Å². The molecule has 0 heterocycles. The molecule has 1 amide bonds. The smallest absolute Gasteiger partial charge is 0.416 e. The van der Waals surface area contributed by atoms with Gasteiger partial charge in [0.05, 0.1) is 12.0 Å². The minimum absolute atomic E-state index is 0.0947. The molecule has 5 nitrogen and oxygen atoms in total. The van der Waals surface area contributed by atoms with Gasteiger partial charge in [0.2, 0.25) is 5.91 Å². The molecule has 3 N–H and O–H groups in total. The molecule has 2 aromatic rings. The van der Waals surface area contributed by atoms with Crippen LogP contribution < -0.4 is 5.32 Å². The van der Waals surface area contributed by atoms with Crippen LogP contribution >= 0.6 is 0 Å². The van der Waals surface area contributed by atoms with E-state index in [2.05, 4.69) is 5.32 Å². The average molecular weight is 417 g/mol. The van der Waals surface area contributed by atoms with E-state index < -0.39 is 24.1 Å². The first-order valence-corrected chi connectivity index (χ1v) is 9.06. The van der Waals surface area contributed by atoms with Crippen LogP contribution in [0.3, 0.4) is 0 Å². The number of carbonyl (C=O) groups is 2. The molecular weight excluding hydrogens is 399 g/mol. The van der Waals surface area contributed by atoms with Gasteiger partial charge < -0.3 is 15.5 Å². The molecule has 8 heteroatoms. The highest BCUT2D eigenvalue weighted by atomic mass is 19.4. The number of allylic oxidation sites excluding steroid dienone is 2. The van der Waals surface area contributed by atoms with Crippen molar-refractivity contribution in [3.8, 4) is 5.75 Å². The van der Waals surface area contributed by atoms with E-state index in [1.54, 1.807) is 36.4 Å². The van der Waals surface area contributed by atoms with Crippen molar-refractivity contribution in [3.63, 3.8) is 0 Å². The molecule has 0 saturated heterocycles. The highest BCUT2D eigenvalue weighted by Gasteiger charge is 2.34. The van der Waals surface area contributed by atoms with Crippen molar-refractivity contribution in [1.29, 1.82) is 0 Å².